The summed E-state index contributed by atoms with van der Waals surface area (Å²) in [5.74, 6) is -0.637. The van der Waals surface area contributed by atoms with Crippen molar-refractivity contribution in [1.82, 2.24) is 15.1 Å². The highest BCUT2D eigenvalue weighted by atomic mass is 19.1. The third kappa shape index (κ3) is 5.33. The van der Waals surface area contributed by atoms with Crippen molar-refractivity contribution in [3.8, 4) is 11.4 Å². The second-order valence-electron chi connectivity index (χ2n) is 7.44. The van der Waals surface area contributed by atoms with Gasteiger partial charge < -0.3 is 10.1 Å². The van der Waals surface area contributed by atoms with Crippen molar-refractivity contribution in [2.75, 3.05) is 0 Å². The molecular weight excluding hydrogens is 421 g/mol. The number of rotatable bonds is 8. The number of carbonyl (C=O) groups is 2. The minimum atomic E-state index is -0.841. The summed E-state index contributed by atoms with van der Waals surface area (Å²) in [6.07, 6.45) is 2.32. The van der Waals surface area contributed by atoms with Crippen LogP contribution in [0.4, 0.5) is 4.39 Å². The van der Waals surface area contributed by atoms with Gasteiger partial charge in [-0.3, -0.25) is 9.59 Å². The molecule has 1 N–H and O–H groups in total. The van der Waals surface area contributed by atoms with E-state index in [1.165, 1.54) is 18.3 Å². The van der Waals surface area contributed by atoms with E-state index in [0.717, 1.165) is 11.3 Å². The van der Waals surface area contributed by atoms with Crippen LogP contribution < -0.4 is 10.1 Å². The average Bonchev–Trinajstić information content (AvgIpc) is 3.34. The number of nitrogens with zero attached hydrogens (tertiary/aromatic N) is 2. The number of benzene rings is 3. The first-order chi connectivity index (χ1) is 16.0. The number of ketones is 1. The summed E-state index contributed by atoms with van der Waals surface area (Å²) in [5.41, 5.74) is 2.35. The molecule has 0 aliphatic heterocycles. The number of hydrogen-bond donors (Lipinski definition) is 1. The highest BCUT2D eigenvalue weighted by molar-refractivity contribution is 6.10. The molecule has 0 radical (unpaired) electrons. The molecule has 0 unspecified atom stereocenters. The molecule has 0 saturated heterocycles. The van der Waals surface area contributed by atoms with Crippen LogP contribution in [0.25, 0.3) is 5.69 Å². The van der Waals surface area contributed by atoms with Gasteiger partial charge >= 0.3 is 0 Å². The predicted octanol–water partition coefficient (Wildman–Crippen LogP) is 4.33. The molecule has 0 aliphatic carbocycles. The Labute approximate surface area is 190 Å². The van der Waals surface area contributed by atoms with Crippen LogP contribution >= 0.6 is 0 Å². The SMILES string of the molecule is C[C@H](Oc1ccccc1C(=O)c1cnn(-c2ccccc2)c1)C(=O)NCc1ccc(F)cc1. The van der Waals surface area contributed by atoms with Gasteiger partial charge in [-0.05, 0) is 48.9 Å². The van der Waals surface area contributed by atoms with Crippen LogP contribution in [0.2, 0.25) is 0 Å². The number of halogens is 1. The first-order valence-electron chi connectivity index (χ1n) is 10.4. The Morgan fingerprint density at radius 2 is 1.70 bits per heavy atom. The van der Waals surface area contributed by atoms with E-state index in [-0.39, 0.29) is 24.1 Å². The van der Waals surface area contributed by atoms with Crippen LogP contribution in [0.15, 0.2) is 91.3 Å². The molecule has 0 spiro atoms. The summed E-state index contributed by atoms with van der Waals surface area (Å²) in [6.45, 7) is 1.85. The number of para-hydroxylation sites is 2. The lowest BCUT2D eigenvalue weighted by Crippen LogP contribution is -2.36. The molecule has 1 amide bonds. The summed E-state index contributed by atoms with van der Waals surface area (Å²) < 4.78 is 20.5. The Balaban J connectivity index is 1.44. The summed E-state index contributed by atoms with van der Waals surface area (Å²) in [7, 11) is 0. The number of amides is 1. The van der Waals surface area contributed by atoms with E-state index in [1.807, 2.05) is 30.3 Å². The molecule has 4 rings (SSSR count). The van der Waals surface area contributed by atoms with Gasteiger partial charge in [-0.25, -0.2) is 9.07 Å². The minimum absolute atomic E-state index is 0.242. The van der Waals surface area contributed by atoms with Gasteiger partial charge in [-0.1, -0.05) is 42.5 Å². The fraction of sp³-hybridized carbons (Fsp3) is 0.115. The zero-order valence-electron chi connectivity index (χ0n) is 17.9. The molecule has 1 aromatic heterocycles. The third-order valence-corrected chi connectivity index (χ3v) is 5.05. The zero-order valence-corrected chi connectivity index (χ0v) is 17.9. The first kappa shape index (κ1) is 22.0. The second-order valence-corrected chi connectivity index (χ2v) is 7.44. The topological polar surface area (TPSA) is 73.2 Å². The first-order valence-corrected chi connectivity index (χ1v) is 10.4. The van der Waals surface area contributed by atoms with Crippen molar-refractivity contribution in [3.63, 3.8) is 0 Å². The monoisotopic (exact) mass is 443 g/mol. The van der Waals surface area contributed by atoms with Gasteiger partial charge in [0.2, 0.25) is 0 Å². The summed E-state index contributed by atoms with van der Waals surface area (Å²) in [4.78, 5) is 25.6. The summed E-state index contributed by atoms with van der Waals surface area (Å²) in [5, 5.41) is 7.03. The van der Waals surface area contributed by atoms with Crippen LogP contribution in [0.5, 0.6) is 5.75 Å². The zero-order chi connectivity index (χ0) is 23.2. The van der Waals surface area contributed by atoms with Gasteiger partial charge in [-0.2, -0.15) is 5.10 Å². The standard InChI is InChI=1S/C26H22FN3O3/c1-18(26(32)28-15-19-11-13-21(27)14-12-19)33-24-10-6-5-9-23(24)25(31)20-16-29-30(17-20)22-7-3-2-4-8-22/h2-14,16-18H,15H2,1H3,(H,28,32)/t18-/m0/s1. The lowest BCUT2D eigenvalue weighted by atomic mass is 10.1. The van der Waals surface area contributed by atoms with Crippen molar-refractivity contribution in [2.24, 2.45) is 0 Å². The molecule has 0 saturated carbocycles. The number of aromatic nitrogens is 2. The van der Waals surface area contributed by atoms with Gasteiger partial charge in [-0.15, -0.1) is 0 Å². The van der Waals surface area contributed by atoms with Gasteiger partial charge in [0.1, 0.15) is 11.6 Å². The van der Waals surface area contributed by atoms with Crippen LogP contribution in [-0.4, -0.2) is 27.6 Å². The number of carbonyl (C=O) groups excluding carboxylic acids is 2. The van der Waals surface area contributed by atoms with Crippen LogP contribution in [0, 0.1) is 5.82 Å². The highest BCUT2D eigenvalue weighted by Gasteiger charge is 2.20. The molecule has 7 heteroatoms. The van der Waals surface area contributed by atoms with E-state index in [2.05, 4.69) is 10.4 Å². The summed E-state index contributed by atoms with van der Waals surface area (Å²) >= 11 is 0. The Morgan fingerprint density at radius 1 is 1.00 bits per heavy atom. The van der Waals surface area contributed by atoms with Crippen LogP contribution in [0.3, 0.4) is 0 Å². The number of hydrogen-bond acceptors (Lipinski definition) is 4. The Kier molecular flexibility index (Phi) is 6.59. The van der Waals surface area contributed by atoms with E-state index in [9.17, 15) is 14.0 Å². The molecule has 0 aliphatic rings. The van der Waals surface area contributed by atoms with Gasteiger partial charge in [0, 0.05) is 12.7 Å². The number of nitrogens with one attached hydrogen (secondary N) is 1. The van der Waals surface area contributed by atoms with Crippen molar-refractivity contribution >= 4 is 11.7 Å². The molecule has 6 nitrogen and oxygen atoms in total. The fourth-order valence-electron chi connectivity index (χ4n) is 3.25. The van der Waals surface area contributed by atoms with Gasteiger partial charge in [0.05, 0.1) is 23.0 Å². The Morgan fingerprint density at radius 3 is 2.45 bits per heavy atom. The third-order valence-electron chi connectivity index (χ3n) is 5.05. The normalized spacial score (nSPS) is 11.6. The van der Waals surface area contributed by atoms with Gasteiger partial charge in [0.15, 0.2) is 11.9 Å². The predicted molar refractivity (Wildman–Crippen MR) is 122 cm³/mol. The van der Waals surface area contributed by atoms with Crippen molar-refractivity contribution in [2.45, 2.75) is 19.6 Å². The lowest BCUT2D eigenvalue weighted by molar-refractivity contribution is -0.127. The Bertz CT molecular complexity index is 1250. The van der Waals surface area contributed by atoms with Crippen LogP contribution in [0.1, 0.15) is 28.4 Å². The van der Waals surface area contributed by atoms with E-state index < -0.39 is 6.10 Å². The quantitative estimate of drug-likeness (QED) is 0.412. The van der Waals surface area contributed by atoms with E-state index in [1.54, 1.807) is 54.2 Å². The molecule has 1 atom stereocenters. The maximum Gasteiger partial charge on any atom is 0.261 e. The van der Waals surface area contributed by atoms with Crippen molar-refractivity contribution in [1.29, 1.82) is 0 Å². The molecule has 4 aromatic rings. The maximum atomic E-state index is 13.1. The largest absolute Gasteiger partial charge is 0.480 e. The van der Waals surface area contributed by atoms with Crippen molar-refractivity contribution < 1.29 is 18.7 Å². The average molecular weight is 443 g/mol. The number of ether oxygens (including phenoxy) is 1. The second kappa shape index (κ2) is 9.91. The fourth-order valence-corrected chi connectivity index (χ4v) is 3.25. The van der Waals surface area contributed by atoms with E-state index in [4.69, 9.17) is 4.74 Å². The molecule has 1 heterocycles. The molecular formula is C26H22FN3O3. The van der Waals surface area contributed by atoms with E-state index >= 15 is 0 Å². The Hall–Kier alpha value is -4.26. The van der Waals surface area contributed by atoms with Gasteiger partial charge in [0.25, 0.3) is 5.91 Å². The van der Waals surface area contributed by atoms with E-state index in [0.29, 0.717) is 16.9 Å². The molecule has 166 valence electrons. The lowest BCUT2D eigenvalue weighted by Gasteiger charge is -2.17. The maximum absolute atomic E-state index is 13.1. The summed E-state index contributed by atoms with van der Waals surface area (Å²) in [6, 6.07) is 22.1. The highest BCUT2D eigenvalue weighted by Crippen LogP contribution is 2.23. The molecule has 0 fully saturated rings. The molecule has 3 aromatic carbocycles. The molecule has 0 bridgehead atoms. The van der Waals surface area contributed by atoms with Crippen LogP contribution in [-0.2, 0) is 11.3 Å². The van der Waals surface area contributed by atoms with Crippen molar-refractivity contribution in [3.05, 3.63) is 114 Å². The molecule has 33 heavy (non-hydrogen) atoms. The minimum Gasteiger partial charge on any atom is -0.480 e. The smallest absolute Gasteiger partial charge is 0.261 e.